The molecular formula is C11H20N2O. The first-order valence-corrected chi connectivity index (χ1v) is 5.27. The summed E-state index contributed by atoms with van der Waals surface area (Å²) in [6.07, 6.45) is 1.52. The van der Waals surface area contributed by atoms with Crippen molar-refractivity contribution in [3.63, 3.8) is 0 Å². The number of hydrogen-bond acceptors (Lipinski definition) is 2. The molecule has 1 aromatic heterocycles. The molecule has 0 spiro atoms. The first kappa shape index (κ1) is 11.2. The van der Waals surface area contributed by atoms with E-state index in [2.05, 4.69) is 18.9 Å². The molecule has 0 fully saturated rings. The van der Waals surface area contributed by atoms with Gasteiger partial charge in [-0.25, -0.2) is 0 Å². The maximum Gasteiger partial charge on any atom is 0.0628 e. The molecular weight excluding hydrogens is 176 g/mol. The quantitative estimate of drug-likeness (QED) is 0.798. The van der Waals surface area contributed by atoms with Gasteiger partial charge >= 0.3 is 0 Å². The molecule has 1 rings (SSSR count). The second kappa shape index (κ2) is 4.60. The summed E-state index contributed by atoms with van der Waals surface area (Å²) in [5, 5.41) is 13.7. The van der Waals surface area contributed by atoms with Crippen molar-refractivity contribution in [3.8, 4) is 0 Å². The molecule has 80 valence electrons. The van der Waals surface area contributed by atoms with Gasteiger partial charge in [-0.3, -0.25) is 4.68 Å². The summed E-state index contributed by atoms with van der Waals surface area (Å²) >= 11 is 0. The van der Waals surface area contributed by atoms with Crippen LogP contribution in [0.25, 0.3) is 0 Å². The lowest BCUT2D eigenvalue weighted by Gasteiger charge is -2.04. The lowest BCUT2D eigenvalue weighted by molar-refractivity contribution is 0.185. The van der Waals surface area contributed by atoms with Crippen LogP contribution in [-0.4, -0.2) is 21.0 Å². The fourth-order valence-electron chi connectivity index (χ4n) is 1.76. The summed E-state index contributed by atoms with van der Waals surface area (Å²) in [6.45, 7) is 8.98. The predicted molar refractivity (Wildman–Crippen MR) is 57.4 cm³/mol. The van der Waals surface area contributed by atoms with E-state index in [4.69, 9.17) is 0 Å². The molecule has 1 atom stereocenters. The summed E-state index contributed by atoms with van der Waals surface area (Å²) in [6, 6.07) is 0. The van der Waals surface area contributed by atoms with Gasteiger partial charge in [0.1, 0.15) is 0 Å². The van der Waals surface area contributed by atoms with Crippen molar-refractivity contribution < 1.29 is 5.11 Å². The van der Waals surface area contributed by atoms with Crippen molar-refractivity contribution in [2.24, 2.45) is 0 Å². The van der Waals surface area contributed by atoms with Crippen molar-refractivity contribution >= 4 is 0 Å². The fraction of sp³-hybridized carbons (Fsp3) is 0.727. The minimum atomic E-state index is -0.223. The van der Waals surface area contributed by atoms with Crippen molar-refractivity contribution in [1.29, 1.82) is 0 Å². The summed E-state index contributed by atoms with van der Waals surface area (Å²) < 4.78 is 2.02. The molecule has 0 aliphatic carbocycles. The largest absolute Gasteiger partial charge is 0.393 e. The Labute approximate surface area is 85.8 Å². The van der Waals surface area contributed by atoms with Gasteiger partial charge in [0.05, 0.1) is 11.8 Å². The fourth-order valence-corrected chi connectivity index (χ4v) is 1.76. The predicted octanol–water partition coefficient (Wildman–Crippen LogP) is 1.83. The standard InChI is InChI=1S/C11H20N2O/c1-5-13-10(4)11(9(3)12-13)7-6-8(2)14/h8,14H,5-7H2,1-4H3/t8-/m0/s1. The van der Waals surface area contributed by atoms with Gasteiger partial charge in [-0.05, 0) is 46.1 Å². The molecule has 0 aliphatic rings. The van der Waals surface area contributed by atoms with Gasteiger partial charge in [0, 0.05) is 12.2 Å². The summed E-state index contributed by atoms with van der Waals surface area (Å²) in [5.74, 6) is 0. The zero-order valence-electron chi connectivity index (χ0n) is 9.54. The maximum atomic E-state index is 9.23. The lowest BCUT2D eigenvalue weighted by atomic mass is 10.1. The Morgan fingerprint density at radius 1 is 1.43 bits per heavy atom. The Bertz CT molecular complexity index is 302. The molecule has 0 bridgehead atoms. The molecule has 0 saturated carbocycles. The molecule has 0 unspecified atom stereocenters. The maximum absolute atomic E-state index is 9.23. The average molecular weight is 196 g/mol. The van der Waals surface area contributed by atoms with Gasteiger partial charge in [0.25, 0.3) is 0 Å². The van der Waals surface area contributed by atoms with Crippen LogP contribution < -0.4 is 0 Å². The normalized spacial score (nSPS) is 13.2. The Morgan fingerprint density at radius 2 is 2.07 bits per heavy atom. The highest BCUT2D eigenvalue weighted by Crippen LogP contribution is 2.15. The zero-order valence-corrected chi connectivity index (χ0v) is 9.54. The number of aromatic nitrogens is 2. The number of hydrogen-bond donors (Lipinski definition) is 1. The molecule has 1 N–H and O–H groups in total. The molecule has 0 aromatic carbocycles. The van der Waals surface area contributed by atoms with Crippen molar-refractivity contribution in [3.05, 3.63) is 17.0 Å². The topological polar surface area (TPSA) is 38.0 Å². The van der Waals surface area contributed by atoms with Crippen LogP contribution in [0.3, 0.4) is 0 Å². The highest BCUT2D eigenvalue weighted by molar-refractivity contribution is 5.24. The Balaban J connectivity index is 2.80. The number of aryl methyl sites for hydroxylation is 2. The Kier molecular flexibility index (Phi) is 3.69. The van der Waals surface area contributed by atoms with E-state index in [9.17, 15) is 5.11 Å². The average Bonchev–Trinajstić information content (AvgIpc) is 2.39. The first-order chi connectivity index (χ1) is 6.56. The van der Waals surface area contributed by atoms with E-state index in [1.807, 2.05) is 18.5 Å². The van der Waals surface area contributed by atoms with Crippen LogP contribution in [0.4, 0.5) is 0 Å². The number of aliphatic hydroxyl groups excluding tert-OH is 1. The van der Waals surface area contributed by atoms with Gasteiger partial charge in [-0.15, -0.1) is 0 Å². The third-order valence-corrected chi connectivity index (χ3v) is 2.64. The molecule has 0 radical (unpaired) electrons. The van der Waals surface area contributed by atoms with Crippen LogP contribution in [0, 0.1) is 13.8 Å². The van der Waals surface area contributed by atoms with Crippen molar-refractivity contribution in [1.82, 2.24) is 9.78 Å². The minimum Gasteiger partial charge on any atom is -0.393 e. The highest BCUT2D eigenvalue weighted by Gasteiger charge is 2.10. The van der Waals surface area contributed by atoms with E-state index >= 15 is 0 Å². The monoisotopic (exact) mass is 196 g/mol. The van der Waals surface area contributed by atoms with Gasteiger partial charge < -0.3 is 5.11 Å². The van der Waals surface area contributed by atoms with Gasteiger partial charge in [-0.2, -0.15) is 5.10 Å². The van der Waals surface area contributed by atoms with E-state index in [-0.39, 0.29) is 6.10 Å². The SMILES string of the molecule is CCn1nc(C)c(CC[C@H](C)O)c1C. The second-order valence-corrected chi connectivity index (χ2v) is 3.85. The van der Waals surface area contributed by atoms with E-state index in [0.717, 1.165) is 25.1 Å². The van der Waals surface area contributed by atoms with E-state index in [1.165, 1.54) is 11.3 Å². The Morgan fingerprint density at radius 3 is 2.50 bits per heavy atom. The molecule has 0 saturated heterocycles. The highest BCUT2D eigenvalue weighted by atomic mass is 16.3. The minimum absolute atomic E-state index is 0.223. The third kappa shape index (κ3) is 2.35. The number of nitrogens with zero attached hydrogens (tertiary/aromatic N) is 2. The van der Waals surface area contributed by atoms with Crippen LogP contribution in [-0.2, 0) is 13.0 Å². The van der Waals surface area contributed by atoms with Crippen LogP contribution in [0.2, 0.25) is 0 Å². The molecule has 3 heteroatoms. The smallest absolute Gasteiger partial charge is 0.0628 e. The molecule has 1 aromatic rings. The van der Waals surface area contributed by atoms with Gasteiger partial charge in [0.2, 0.25) is 0 Å². The van der Waals surface area contributed by atoms with E-state index in [1.54, 1.807) is 0 Å². The van der Waals surface area contributed by atoms with Gasteiger partial charge in [0.15, 0.2) is 0 Å². The Hall–Kier alpha value is -0.830. The molecule has 0 amide bonds. The van der Waals surface area contributed by atoms with Gasteiger partial charge in [-0.1, -0.05) is 0 Å². The van der Waals surface area contributed by atoms with Crippen LogP contribution >= 0.6 is 0 Å². The molecule has 14 heavy (non-hydrogen) atoms. The first-order valence-electron chi connectivity index (χ1n) is 5.27. The van der Waals surface area contributed by atoms with E-state index < -0.39 is 0 Å². The summed E-state index contributed by atoms with van der Waals surface area (Å²) in [7, 11) is 0. The van der Waals surface area contributed by atoms with E-state index in [0.29, 0.717) is 0 Å². The third-order valence-electron chi connectivity index (χ3n) is 2.64. The molecule has 3 nitrogen and oxygen atoms in total. The van der Waals surface area contributed by atoms with Crippen molar-refractivity contribution in [2.75, 3.05) is 0 Å². The second-order valence-electron chi connectivity index (χ2n) is 3.85. The van der Waals surface area contributed by atoms with Crippen LogP contribution in [0.15, 0.2) is 0 Å². The molecule has 0 aliphatic heterocycles. The summed E-state index contributed by atoms with van der Waals surface area (Å²) in [4.78, 5) is 0. The van der Waals surface area contributed by atoms with Crippen LogP contribution in [0.5, 0.6) is 0 Å². The van der Waals surface area contributed by atoms with Crippen molar-refractivity contribution in [2.45, 2.75) is 53.2 Å². The summed E-state index contributed by atoms with van der Waals surface area (Å²) in [5.41, 5.74) is 3.64. The zero-order chi connectivity index (χ0) is 10.7. The number of aliphatic hydroxyl groups is 1. The number of rotatable bonds is 4. The lowest BCUT2D eigenvalue weighted by Crippen LogP contribution is -2.03. The molecule has 1 heterocycles. The van der Waals surface area contributed by atoms with Crippen LogP contribution in [0.1, 0.15) is 37.2 Å².